The van der Waals surface area contributed by atoms with Crippen LogP contribution in [-0.4, -0.2) is 6.21 Å². The lowest BCUT2D eigenvalue weighted by Crippen LogP contribution is -2.15. The van der Waals surface area contributed by atoms with Crippen molar-refractivity contribution in [3.63, 3.8) is 0 Å². The van der Waals surface area contributed by atoms with Gasteiger partial charge in [-0.15, -0.1) is 0 Å². The number of nitrogens with zero attached hydrogens (tertiary/aromatic N) is 3. The second-order valence-corrected chi connectivity index (χ2v) is 8.65. The van der Waals surface area contributed by atoms with Crippen molar-refractivity contribution < 1.29 is 0 Å². The number of hydrogen-bond acceptors (Lipinski definition) is 4. The van der Waals surface area contributed by atoms with Crippen LogP contribution in [0.3, 0.4) is 0 Å². The van der Waals surface area contributed by atoms with Gasteiger partial charge in [-0.05, 0) is 76.5 Å². The SMILES string of the molecule is C(=NN(Cc1ccsc1)c1ccccc1)c1ccc(N(c2ccccc2)c2ccccc2)cc1. The van der Waals surface area contributed by atoms with Gasteiger partial charge in [-0.3, -0.25) is 5.01 Å². The first kappa shape index (κ1) is 21.7. The average Bonchev–Trinajstić information content (AvgIpc) is 3.43. The monoisotopic (exact) mass is 459 g/mol. The maximum absolute atomic E-state index is 4.83. The Balaban J connectivity index is 1.41. The smallest absolute Gasteiger partial charge is 0.0674 e. The summed E-state index contributed by atoms with van der Waals surface area (Å²) in [7, 11) is 0. The van der Waals surface area contributed by atoms with Crippen molar-refractivity contribution in [3.05, 3.63) is 143 Å². The third-order valence-corrected chi connectivity index (χ3v) is 6.22. The maximum Gasteiger partial charge on any atom is 0.0674 e. The Hall–Kier alpha value is -4.15. The highest BCUT2D eigenvalue weighted by Crippen LogP contribution is 2.34. The lowest BCUT2D eigenvalue weighted by molar-refractivity contribution is 0.862. The molecular weight excluding hydrogens is 434 g/mol. The number of benzene rings is 4. The third-order valence-electron chi connectivity index (χ3n) is 5.49. The molecular formula is C30H25N3S. The minimum Gasteiger partial charge on any atom is -0.311 e. The van der Waals surface area contributed by atoms with Gasteiger partial charge in [-0.25, -0.2) is 0 Å². The summed E-state index contributed by atoms with van der Waals surface area (Å²) in [6.07, 6.45) is 1.93. The van der Waals surface area contributed by atoms with Crippen LogP contribution in [0.4, 0.5) is 22.7 Å². The van der Waals surface area contributed by atoms with Crippen LogP contribution in [0, 0.1) is 0 Å². The quantitative estimate of drug-likeness (QED) is 0.172. The molecule has 4 heteroatoms. The number of para-hydroxylation sites is 3. The number of hydrazone groups is 1. The molecule has 34 heavy (non-hydrogen) atoms. The first-order valence-electron chi connectivity index (χ1n) is 11.2. The van der Waals surface area contributed by atoms with E-state index in [0.717, 1.165) is 34.9 Å². The molecule has 0 radical (unpaired) electrons. The molecule has 5 rings (SSSR count). The van der Waals surface area contributed by atoms with E-state index in [4.69, 9.17) is 5.10 Å². The Morgan fingerprint density at radius 1 is 0.588 bits per heavy atom. The van der Waals surface area contributed by atoms with Gasteiger partial charge in [0.1, 0.15) is 0 Å². The van der Waals surface area contributed by atoms with E-state index >= 15 is 0 Å². The third kappa shape index (κ3) is 5.25. The normalized spacial score (nSPS) is 10.9. The minimum atomic E-state index is 0.734. The Kier molecular flexibility index (Phi) is 6.79. The summed E-state index contributed by atoms with van der Waals surface area (Å²) in [5.41, 5.74) is 6.73. The van der Waals surface area contributed by atoms with Gasteiger partial charge in [0.05, 0.1) is 18.4 Å². The van der Waals surface area contributed by atoms with E-state index in [1.54, 1.807) is 11.3 Å². The van der Waals surface area contributed by atoms with E-state index in [1.165, 1.54) is 5.56 Å². The highest BCUT2D eigenvalue weighted by Gasteiger charge is 2.11. The van der Waals surface area contributed by atoms with Crippen LogP contribution >= 0.6 is 11.3 Å². The van der Waals surface area contributed by atoms with Crippen molar-refractivity contribution in [1.82, 2.24) is 0 Å². The fraction of sp³-hybridized carbons (Fsp3) is 0.0333. The summed E-state index contributed by atoms with van der Waals surface area (Å²) in [4.78, 5) is 2.26. The molecule has 0 N–H and O–H groups in total. The molecule has 0 bridgehead atoms. The number of rotatable bonds is 8. The highest BCUT2D eigenvalue weighted by molar-refractivity contribution is 7.07. The average molecular weight is 460 g/mol. The van der Waals surface area contributed by atoms with Crippen LogP contribution in [0.25, 0.3) is 0 Å². The van der Waals surface area contributed by atoms with Crippen LogP contribution in [0.5, 0.6) is 0 Å². The first-order chi connectivity index (χ1) is 16.9. The second-order valence-electron chi connectivity index (χ2n) is 7.87. The lowest BCUT2D eigenvalue weighted by atomic mass is 10.1. The van der Waals surface area contributed by atoms with Crippen molar-refractivity contribution >= 4 is 40.3 Å². The van der Waals surface area contributed by atoms with Gasteiger partial charge >= 0.3 is 0 Å². The number of anilines is 4. The topological polar surface area (TPSA) is 18.8 Å². The predicted molar refractivity (Wildman–Crippen MR) is 146 cm³/mol. The van der Waals surface area contributed by atoms with Gasteiger partial charge in [0.25, 0.3) is 0 Å². The predicted octanol–water partition coefficient (Wildman–Crippen LogP) is 8.26. The van der Waals surface area contributed by atoms with Gasteiger partial charge in [0.15, 0.2) is 0 Å². The van der Waals surface area contributed by atoms with E-state index in [1.807, 2.05) is 41.6 Å². The number of thiophene rings is 1. The van der Waals surface area contributed by atoms with Crippen molar-refractivity contribution in [1.29, 1.82) is 0 Å². The summed E-state index contributed by atoms with van der Waals surface area (Å²) in [5.74, 6) is 0. The molecule has 0 atom stereocenters. The Morgan fingerprint density at radius 3 is 1.65 bits per heavy atom. The van der Waals surface area contributed by atoms with Crippen LogP contribution in [0.1, 0.15) is 11.1 Å². The zero-order valence-corrected chi connectivity index (χ0v) is 19.6. The summed E-state index contributed by atoms with van der Waals surface area (Å²) >= 11 is 1.71. The summed E-state index contributed by atoms with van der Waals surface area (Å²) in [5, 5.41) is 11.1. The molecule has 0 amide bonds. The summed E-state index contributed by atoms with van der Waals surface area (Å²) in [6, 6.07) is 41.8. The standard InChI is InChI=1S/C30H25N3S/c1-4-10-27(11-5-1)32(23-26-20-21-34-24-26)31-22-25-16-18-30(19-17-25)33(28-12-6-2-7-13-28)29-14-8-3-9-15-29/h1-22,24H,23H2. The van der Waals surface area contributed by atoms with Crippen molar-refractivity contribution in [2.75, 3.05) is 9.91 Å². The van der Waals surface area contributed by atoms with E-state index in [9.17, 15) is 0 Å². The molecule has 1 heterocycles. The van der Waals surface area contributed by atoms with E-state index in [0.29, 0.717) is 0 Å². The maximum atomic E-state index is 4.83. The molecule has 5 aromatic rings. The van der Waals surface area contributed by atoms with Crippen molar-refractivity contribution in [3.8, 4) is 0 Å². The van der Waals surface area contributed by atoms with Crippen LogP contribution in [-0.2, 0) is 6.54 Å². The molecule has 3 nitrogen and oxygen atoms in total. The fourth-order valence-electron chi connectivity index (χ4n) is 3.80. The largest absolute Gasteiger partial charge is 0.311 e. The van der Waals surface area contributed by atoms with Crippen LogP contribution in [0.15, 0.2) is 137 Å². The molecule has 0 unspecified atom stereocenters. The van der Waals surface area contributed by atoms with Gasteiger partial charge in [-0.1, -0.05) is 66.7 Å². The van der Waals surface area contributed by atoms with Gasteiger partial charge in [0, 0.05) is 17.1 Å². The molecule has 0 saturated heterocycles. The molecule has 0 aliphatic rings. The van der Waals surface area contributed by atoms with Crippen molar-refractivity contribution in [2.45, 2.75) is 6.54 Å². The molecule has 4 aromatic carbocycles. The first-order valence-corrected chi connectivity index (χ1v) is 12.2. The second kappa shape index (κ2) is 10.6. The summed E-state index contributed by atoms with van der Waals surface area (Å²) in [6.45, 7) is 0.734. The number of hydrogen-bond donors (Lipinski definition) is 0. The Morgan fingerprint density at radius 2 is 1.12 bits per heavy atom. The fourth-order valence-corrected chi connectivity index (χ4v) is 4.46. The van der Waals surface area contributed by atoms with Crippen LogP contribution in [0.2, 0.25) is 0 Å². The van der Waals surface area contributed by atoms with E-state index in [-0.39, 0.29) is 0 Å². The van der Waals surface area contributed by atoms with Crippen LogP contribution < -0.4 is 9.91 Å². The zero-order valence-electron chi connectivity index (χ0n) is 18.7. The van der Waals surface area contributed by atoms with Gasteiger partial charge in [-0.2, -0.15) is 16.4 Å². The molecule has 1 aromatic heterocycles. The van der Waals surface area contributed by atoms with Gasteiger partial charge in [0.2, 0.25) is 0 Å². The molecule has 0 aliphatic carbocycles. The minimum absolute atomic E-state index is 0.734. The summed E-state index contributed by atoms with van der Waals surface area (Å²) < 4.78 is 0. The molecule has 0 aliphatic heterocycles. The van der Waals surface area contributed by atoms with E-state index in [2.05, 4.69) is 107 Å². The van der Waals surface area contributed by atoms with Crippen molar-refractivity contribution in [2.24, 2.45) is 5.10 Å². The van der Waals surface area contributed by atoms with Gasteiger partial charge < -0.3 is 4.90 Å². The molecule has 0 spiro atoms. The highest BCUT2D eigenvalue weighted by atomic mass is 32.1. The molecule has 0 fully saturated rings. The molecule has 0 saturated carbocycles. The Bertz CT molecular complexity index is 1260. The lowest BCUT2D eigenvalue weighted by Gasteiger charge is -2.25. The zero-order chi connectivity index (χ0) is 23.0. The molecule has 166 valence electrons. The van der Waals surface area contributed by atoms with E-state index < -0.39 is 0 Å². The Labute approximate surface area is 204 Å².